The Labute approximate surface area is 155 Å². The molecule has 26 heavy (non-hydrogen) atoms. The number of rotatable bonds is 7. The third-order valence-corrected chi connectivity index (χ3v) is 6.94. The van der Waals surface area contributed by atoms with Crippen molar-refractivity contribution in [2.24, 2.45) is 0 Å². The van der Waals surface area contributed by atoms with E-state index in [4.69, 9.17) is 0 Å². The van der Waals surface area contributed by atoms with E-state index in [1.54, 1.807) is 30.3 Å². The lowest BCUT2D eigenvalue weighted by molar-refractivity contribution is -0.124. The van der Waals surface area contributed by atoms with Gasteiger partial charge in [-0.05, 0) is 37.9 Å². The van der Waals surface area contributed by atoms with Crippen molar-refractivity contribution in [1.29, 1.82) is 0 Å². The summed E-state index contributed by atoms with van der Waals surface area (Å²) in [6.07, 6.45) is 2.17. The predicted molar refractivity (Wildman–Crippen MR) is 100 cm³/mol. The van der Waals surface area contributed by atoms with Crippen LogP contribution in [0.15, 0.2) is 35.2 Å². The molecule has 2 N–H and O–H groups in total. The standard InChI is InChI=1S/C18H28N4O3S/c23-18(20-9-5-12-21-14-10-19-11-15-21)17-8-4-13-22(17)26(24,25)16-6-2-1-3-7-16/h1-3,6-7,17,19H,4-5,8-15H2,(H,20,23). The van der Waals surface area contributed by atoms with Crippen LogP contribution >= 0.6 is 0 Å². The second-order valence-electron chi connectivity index (χ2n) is 6.82. The molecule has 2 saturated heterocycles. The van der Waals surface area contributed by atoms with E-state index in [2.05, 4.69) is 15.5 Å². The quantitative estimate of drug-likeness (QED) is 0.663. The minimum Gasteiger partial charge on any atom is -0.355 e. The Bertz CT molecular complexity index is 690. The van der Waals surface area contributed by atoms with Gasteiger partial charge in [0.05, 0.1) is 4.90 Å². The average molecular weight is 381 g/mol. The van der Waals surface area contributed by atoms with Gasteiger partial charge in [0, 0.05) is 39.3 Å². The Kier molecular flexibility index (Phi) is 6.63. The smallest absolute Gasteiger partial charge is 0.243 e. The maximum atomic E-state index is 12.8. The third-order valence-electron chi connectivity index (χ3n) is 5.02. The van der Waals surface area contributed by atoms with Crippen LogP contribution in [-0.2, 0) is 14.8 Å². The molecule has 2 heterocycles. The lowest BCUT2D eigenvalue weighted by Crippen LogP contribution is -2.47. The third kappa shape index (κ3) is 4.62. The molecule has 7 nitrogen and oxygen atoms in total. The van der Waals surface area contributed by atoms with Crippen molar-refractivity contribution in [2.75, 3.05) is 45.8 Å². The molecule has 3 rings (SSSR count). The van der Waals surface area contributed by atoms with E-state index in [1.807, 2.05) is 0 Å². The summed E-state index contributed by atoms with van der Waals surface area (Å²) >= 11 is 0. The van der Waals surface area contributed by atoms with Gasteiger partial charge in [-0.2, -0.15) is 4.31 Å². The van der Waals surface area contributed by atoms with Gasteiger partial charge in [-0.25, -0.2) is 8.42 Å². The zero-order valence-electron chi connectivity index (χ0n) is 15.1. The number of piperazine rings is 1. The summed E-state index contributed by atoms with van der Waals surface area (Å²) in [6.45, 7) is 6.05. The Balaban J connectivity index is 1.51. The summed E-state index contributed by atoms with van der Waals surface area (Å²) in [7, 11) is -3.62. The molecule has 0 spiro atoms. The lowest BCUT2D eigenvalue weighted by Gasteiger charge is -2.27. The highest BCUT2D eigenvalue weighted by atomic mass is 32.2. The molecule has 144 valence electrons. The largest absolute Gasteiger partial charge is 0.355 e. The van der Waals surface area contributed by atoms with Crippen molar-refractivity contribution in [1.82, 2.24) is 19.8 Å². The molecular weight excluding hydrogens is 352 g/mol. The van der Waals surface area contributed by atoms with Crippen LogP contribution in [0.25, 0.3) is 0 Å². The highest BCUT2D eigenvalue weighted by Gasteiger charge is 2.39. The highest BCUT2D eigenvalue weighted by Crippen LogP contribution is 2.26. The zero-order chi connectivity index (χ0) is 18.4. The normalized spacial score (nSPS) is 22.4. The van der Waals surface area contributed by atoms with Gasteiger partial charge >= 0.3 is 0 Å². The first-order valence-electron chi connectivity index (χ1n) is 9.37. The Morgan fingerprint density at radius 1 is 1.15 bits per heavy atom. The fraction of sp³-hybridized carbons (Fsp3) is 0.611. The van der Waals surface area contributed by atoms with Gasteiger partial charge in [0.1, 0.15) is 6.04 Å². The van der Waals surface area contributed by atoms with E-state index in [0.717, 1.165) is 39.1 Å². The minimum atomic E-state index is -3.62. The molecule has 1 aromatic carbocycles. The number of sulfonamides is 1. The molecule has 0 radical (unpaired) electrons. The molecule has 1 atom stereocenters. The van der Waals surface area contributed by atoms with Crippen molar-refractivity contribution in [3.63, 3.8) is 0 Å². The second kappa shape index (κ2) is 8.94. The lowest BCUT2D eigenvalue weighted by atomic mass is 10.2. The van der Waals surface area contributed by atoms with Gasteiger partial charge in [-0.1, -0.05) is 18.2 Å². The molecule has 2 aliphatic rings. The number of nitrogens with zero attached hydrogens (tertiary/aromatic N) is 2. The van der Waals surface area contributed by atoms with E-state index in [-0.39, 0.29) is 10.8 Å². The Morgan fingerprint density at radius 2 is 1.88 bits per heavy atom. The molecule has 0 aromatic heterocycles. The molecule has 1 amide bonds. The van der Waals surface area contributed by atoms with Crippen LogP contribution in [0.5, 0.6) is 0 Å². The summed E-state index contributed by atoms with van der Waals surface area (Å²) in [6, 6.07) is 7.75. The zero-order valence-corrected chi connectivity index (χ0v) is 15.9. The maximum absolute atomic E-state index is 12.8. The van der Waals surface area contributed by atoms with Gasteiger partial charge in [0.2, 0.25) is 15.9 Å². The van der Waals surface area contributed by atoms with Crippen LogP contribution in [0.2, 0.25) is 0 Å². The van der Waals surface area contributed by atoms with Gasteiger partial charge in [-0.15, -0.1) is 0 Å². The number of benzene rings is 1. The number of carbonyl (C=O) groups excluding carboxylic acids is 1. The van der Waals surface area contributed by atoms with Crippen molar-refractivity contribution in [2.45, 2.75) is 30.2 Å². The van der Waals surface area contributed by atoms with E-state index < -0.39 is 16.1 Å². The topological polar surface area (TPSA) is 81.8 Å². The van der Waals surface area contributed by atoms with Gasteiger partial charge in [0.15, 0.2) is 0 Å². The van der Waals surface area contributed by atoms with Gasteiger partial charge in [-0.3, -0.25) is 4.79 Å². The Hall–Kier alpha value is -1.48. The molecule has 8 heteroatoms. The number of amides is 1. The first-order chi connectivity index (χ1) is 12.6. The van der Waals surface area contributed by atoms with Crippen molar-refractivity contribution in [3.05, 3.63) is 30.3 Å². The molecule has 0 saturated carbocycles. The second-order valence-corrected chi connectivity index (χ2v) is 8.71. The highest BCUT2D eigenvalue weighted by molar-refractivity contribution is 7.89. The van der Waals surface area contributed by atoms with Crippen LogP contribution in [0, 0.1) is 0 Å². The summed E-state index contributed by atoms with van der Waals surface area (Å²) in [4.78, 5) is 15.2. The molecule has 2 fully saturated rings. The van der Waals surface area contributed by atoms with Crippen molar-refractivity contribution < 1.29 is 13.2 Å². The average Bonchev–Trinajstić information content (AvgIpc) is 3.17. The van der Waals surface area contributed by atoms with E-state index in [9.17, 15) is 13.2 Å². The first kappa shape index (κ1) is 19.3. The SMILES string of the molecule is O=C(NCCCN1CCNCC1)C1CCCN1S(=O)(=O)c1ccccc1. The van der Waals surface area contributed by atoms with Crippen LogP contribution in [-0.4, -0.2) is 75.4 Å². The molecule has 0 bridgehead atoms. The van der Waals surface area contributed by atoms with Gasteiger partial charge < -0.3 is 15.5 Å². The number of hydrogen-bond donors (Lipinski definition) is 2. The summed E-state index contributed by atoms with van der Waals surface area (Å²) in [5.74, 6) is -0.178. The first-order valence-corrected chi connectivity index (χ1v) is 10.8. The van der Waals surface area contributed by atoms with E-state index in [0.29, 0.717) is 25.9 Å². The summed E-state index contributed by atoms with van der Waals surface area (Å²) in [5, 5.41) is 6.25. The summed E-state index contributed by atoms with van der Waals surface area (Å²) < 4.78 is 27.0. The van der Waals surface area contributed by atoms with Crippen LogP contribution in [0.1, 0.15) is 19.3 Å². The molecule has 1 unspecified atom stereocenters. The molecule has 0 aliphatic carbocycles. The molecular formula is C18H28N4O3S. The van der Waals surface area contributed by atoms with Gasteiger partial charge in [0.25, 0.3) is 0 Å². The minimum absolute atomic E-state index is 0.178. The maximum Gasteiger partial charge on any atom is 0.243 e. The number of nitrogens with one attached hydrogen (secondary N) is 2. The monoisotopic (exact) mass is 380 g/mol. The number of hydrogen-bond acceptors (Lipinski definition) is 5. The Morgan fingerprint density at radius 3 is 2.62 bits per heavy atom. The predicted octanol–water partition coefficient (Wildman–Crippen LogP) is 0.251. The van der Waals surface area contributed by atoms with E-state index in [1.165, 1.54) is 4.31 Å². The fourth-order valence-corrected chi connectivity index (χ4v) is 5.26. The van der Waals surface area contributed by atoms with E-state index >= 15 is 0 Å². The molecule has 2 aliphatic heterocycles. The van der Waals surface area contributed by atoms with Crippen molar-refractivity contribution in [3.8, 4) is 0 Å². The van der Waals surface area contributed by atoms with Crippen LogP contribution in [0.4, 0.5) is 0 Å². The summed E-state index contributed by atoms with van der Waals surface area (Å²) in [5.41, 5.74) is 0. The molecule has 1 aromatic rings. The van der Waals surface area contributed by atoms with Crippen molar-refractivity contribution >= 4 is 15.9 Å². The fourth-order valence-electron chi connectivity index (χ4n) is 3.58. The van der Waals surface area contributed by atoms with Crippen LogP contribution < -0.4 is 10.6 Å². The van der Waals surface area contributed by atoms with Crippen LogP contribution in [0.3, 0.4) is 0 Å². The number of carbonyl (C=O) groups is 1.